The fraction of sp³-hybridized carbons (Fsp3) is 0.0714. The van der Waals surface area contributed by atoms with E-state index >= 15 is 0 Å². The summed E-state index contributed by atoms with van der Waals surface area (Å²) in [5.41, 5.74) is 8.52. The molecule has 0 radical (unpaired) electrons. The Bertz CT molecular complexity index is 632. The molecule has 0 saturated heterocycles. The van der Waals surface area contributed by atoms with Crippen LogP contribution in [0.15, 0.2) is 36.4 Å². The minimum atomic E-state index is -0.294. The molecule has 0 aromatic heterocycles. The van der Waals surface area contributed by atoms with Crippen molar-refractivity contribution >= 4 is 34.0 Å². The van der Waals surface area contributed by atoms with Gasteiger partial charge in [-0.2, -0.15) is 5.26 Å². The zero-order chi connectivity index (χ0) is 13.8. The second-order valence-corrected chi connectivity index (χ2v) is 5.18. The van der Waals surface area contributed by atoms with E-state index in [4.69, 9.17) is 11.0 Å². The number of nitrogens with zero attached hydrogens (tertiary/aromatic N) is 1. The lowest BCUT2D eigenvalue weighted by Crippen LogP contribution is -2.03. The lowest BCUT2D eigenvalue weighted by molar-refractivity contribution is 0.621. The van der Waals surface area contributed by atoms with Crippen molar-refractivity contribution in [1.82, 2.24) is 0 Å². The first kappa shape index (κ1) is 13.6. The van der Waals surface area contributed by atoms with Gasteiger partial charge in [0.15, 0.2) is 0 Å². The predicted octanol–water partition coefficient (Wildman–Crippen LogP) is 3.50. The van der Waals surface area contributed by atoms with Crippen molar-refractivity contribution in [3.63, 3.8) is 0 Å². The number of nitrogens with one attached hydrogen (secondary N) is 1. The molecule has 0 aliphatic carbocycles. The summed E-state index contributed by atoms with van der Waals surface area (Å²) in [7, 11) is 0. The summed E-state index contributed by atoms with van der Waals surface area (Å²) in [4.78, 5) is 0. The first-order valence-corrected chi connectivity index (χ1v) is 6.65. The van der Waals surface area contributed by atoms with Crippen molar-refractivity contribution in [3.05, 3.63) is 56.9 Å². The molecule has 3 nitrogen and oxygen atoms in total. The second kappa shape index (κ2) is 5.89. The summed E-state index contributed by atoms with van der Waals surface area (Å²) in [5, 5.41) is 11.8. The van der Waals surface area contributed by atoms with Gasteiger partial charge >= 0.3 is 0 Å². The Morgan fingerprint density at radius 2 is 1.95 bits per heavy atom. The molecular formula is C14H11FIN3. The third-order valence-corrected chi connectivity index (χ3v) is 3.49. The number of nitriles is 1. The van der Waals surface area contributed by atoms with Gasteiger partial charge in [0, 0.05) is 12.6 Å². The van der Waals surface area contributed by atoms with E-state index in [0.717, 1.165) is 5.56 Å². The average molecular weight is 367 g/mol. The van der Waals surface area contributed by atoms with E-state index in [2.05, 4.69) is 11.4 Å². The van der Waals surface area contributed by atoms with E-state index < -0.39 is 0 Å². The maximum absolute atomic E-state index is 13.4. The number of hydrogen-bond donors (Lipinski definition) is 2. The largest absolute Gasteiger partial charge is 0.397 e. The maximum Gasteiger partial charge on any atom is 0.138 e. The molecule has 0 atom stereocenters. The van der Waals surface area contributed by atoms with Gasteiger partial charge in [0.2, 0.25) is 0 Å². The number of benzene rings is 2. The summed E-state index contributed by atoms with van der Waals surface area (Å²) in [6.07, 6.45) is 0. The summed E-state index contributed by atoms with van der Waals surface area (Å²) < 4.78 is 13.9. The Labute approximate surface area is 124 Å². The minimum absolute atomic E-state index is 0.294. The van der Waals surface area contributed by atoms with Crippen LogP contribution in [0.5, 0.6) is 0 Å². The molecule has 2 rings (SSSR count). The van der Waals surface area contributed by atoms with Gasteiger partial charge in [-0.25, -0.2) is 4.39 Å². The molecule has 0 heterocycles. The van der Waals surface area contributed by atoms with Crippen LogP contribution in [0.3, 0.4) is 0 Å². The highest BCUT2D eigenvalue weighted by molar-refractivity contribution is 14.1. The standard InChI is InChI=1S/C14H11FIN3/c15-11-5-14(13(18)6-12(11)16)19-8-10-3-1-9(7-17)2-4-10/h1-6,19H,8,18H2. The first-order valence-electron chi connectivity index (χ1n) is 5.57. The quantitative estimate of drug-likeness (QED) is 0.645. The molecule has 0 unspecified atom stereocenters. The van der Waals surface area contributed by atoms with E-state index in [1.54, 1.807) is 18.2 Å². The van der Waals surface area contributed by atoms with Gasteiger partial charge in [0.25, 0.3) is 0 Å². The average Bonchev–Trinajstić information content (AvgIpc) is 2.42. The smallest absolute Gasteiger partial charge is 0.138 e. The fourth-order valence-electron chi connectivity index (χ4n) is 1.61. The number of rotatable bonds is 3. The Morgan fingerprint density at radius 3 is 2.58 bits per heavy atom. The summed E-state index contributed by atoms with van der Waals surface area (Å²) in [6.45, 7) is 0.524. The molecule has 0 bridgehead atoms. The molecule has 5 heteroatoms. The van der Waals surface area contributed by atoms with Gasteiger partial charge in [-0.05, 0) is 46.4 Å². The molecular weight excluding hydrogens is 356 g/mol. The molecule has 0 aliphatic rings. The normalized spacial score (nSPS) is 9.95. The van der Waals surface area contributed by atoms with Crippen molar-refractivity contribution in [2.75, 3.05) is 11.1 Å². The molecule has 2 aromatic rings. The number of hydrogen-bond acceptors (Lipinski definition) is 3. The number of anilines is 2. The van der Waals surface area contributed by atoms with E-state index in [0.29, 0.717) is 27.1 Å². The molecule has 96 valence electrons. The van der Waals surface area contributed by atoms with Crippen LogP contribution in [0.25, 0.3) is 0 Å². The summed E-state index contributed by atoms with van der Waals surface area (Å²) >= 11 is 1.90. The van der Waals surface area contributed by atoms with E-state index in [-0.39, 0.29) is 5.82 Å². The first-order chi connectivity index (χ1) is 9.10. The maximum atomic E-state index is 13.4. The predicted molar refractivity (Wildman–Crippen MR) is 82.0 cm³/mol. The molecule has 0 aliphatic heterocycles. The van der Waals surface area contributed by atoms with Crippen LogP contribution < -0.4 is 11.1 Å². The second-order valence-electron chi connectivity index (χ2n) is 4.02. The van der Waals surface area contributed by atoms with Crippen molar-refractivity contribution in [1.29, 1.82) is 5.26 Å². The lowest BCUT2D eigenvalue weighted by atomic mass is 10.1. The van der Waals surface area contributed by atoms with Gasteiger partial charge < -0.3 is 11.1 Å². The molecule has 3 N–H and O–H groups in total. The molecule has 0 spiro atoms. The Kier molecular flexibility index (Phi) is 4.22. The van der Waals surface area contributed by atoms with Crippen LogP contribution in [-0.4, -0.2) is 0 Å². The molecule has 0 saturated carbocycles. The number of halogens is 2. The van der Waals surface area contributed by atoms with Gasteiger partial charge in [-0.1, -0.05) is 12.1 Å². The fourth-order valence-corrected chi connectivity index (χ4v) is 2.10. The zero-order valence-corrected chi connectivity index (χ0v) is 12.1. The number of nitrogen functional groups attached to an aromatic ring is 1. The third kappa shape index (κ3) is 3.35. The van der Waals surface area contributed by atoms with Crippen LogP contribution in [0, 0.1) is 20.7 Å². The highest BCUT2D eigenvalue weighted by Gasteiger charge is 2.05. The Morgan fingerprint density at radius 1 is 1.26 bits per heavy atom. The van der Waals surface area contributed by atoms with Gasteiger partial charge in [-0.3, -0.25) is 0 Å². The SMILES string of the molecule is N#Cc1ccc(CNc2cc(F)c(I)cc2N)cc1. The van der Waals surface area contributed by atoms with E-state index in [9.17, 15) is 4.39 Å². The molecule has 0 amide bonds. The van der Waals surface area contributed by atoms with Crippen molar-refractivity contribution < 1.29 is 4.39 Å². The van der Waals surface area contributed by atoms with Crippen LogP contribution in [-0.2, 0) is 6.54 Å². The van der Waals surface area contributed by atoms with Crippen LogP contribution in [0.2, 0.25) is 0 Å². The highest BCUT2D eigenvalue weighted by Crippen LogP contribution is 2.24. The Hall–Kier alpha value is -1.81. The lowest BCUT2D eigenvalue weighted by Gasteiger charge is -2.10. The van der Waals surface area contributed by atoms with Crippen molar-refractivity contribution in [2.24, 2.45) is 0 Å². The summed E-state index contributed by atoms with van der Waals surface area (Å²) in [5.74, 6) is -0.294. The van der Waals surface area contributed by atoms with Gasteiger partial charge in [0.05, 0.1) is 26.6 Å². The van der Waals surface area contributed by atoms with Crippen LogP contribution in [0.1, 0.15) is 11.1 Å². The van der Waals surface area contributed by atoms with Crippen molar-refractivity contribution in [3.8, 4) is 6.07 Å². The minimum Gasteiger partial charge on any atom is -0.397 e. The zero-order valence-electron chi connectivity index (χ0n) is 9.95. The molecule has 2 aromatic carbocycles. The van der Waals surface area contributed by atoms with E-state index in [1.165, 1.54) is 6.07 Å². The number of nitrogens with two attached hydrogens (primary N) is 1. The van der Waals surface area contributed by atoms with Gasteiger partial charge in [-0.15, -0.1) is 0 Å². The topological polar surface area (TPSA) is 61.8 Å². The molecule has 0 fully saturated rings. The monoisotopic (exact) mass is 367 g/mol. The Balaban J connectivity index is 2.10. The van der Waals surface area contributed by atoms with E-state index in [1.807, 2.05) is 34.7 Å². The highest BCUT2D eigenvalue weighted by atomic mass is 127. The van der Waals surface area contributed by atoms with Crippen LogP contribution in [0.4, 0.5) is 15.8 Å². The third-order valence-electron chi connectivity index (χ3n) is 2.66. The van der Waals surface area contributed by atoms with Crippen molar-refractivity contribution in [2.45, 2.75) is 6.54 Å². The van der Waals surface area contributed by atoms with Crippen LogP contribution >= 0.6 is 22.6 Å². The molecule has 19 heavy (non-hydrogen) atoms. The summed E-state index contributed by atoms with van der Waals surface area (Å²) in [6, 6.07) is 12.2. The van der Waals surface area contributed by atoms with Gasteiger partial charge in [0.1, 0.15) is 5.82 Å².